The predicted molar refractivity (Wildman–Crippen MR) is 82.0 cm³/mol. The summed E-state index contributed by atoms with van der Waals surface area (Å²) in [5.41, 5.74) is 8.44. The maximum Gasteiger partial charge on any atom is 0.269 e. The average molecular weight is 266 g/mol. The van der Waals surface area contributed by atoms with Crippen LogP contribution in [0, 0.1) is 10.1 Å². The highest BCUT2D eigenvalue weighted by Gasteiger charge is 2.01. The lowest BCUT2D eigenvalue weighted by Gasteiger charge is -1.94. The van der Waals surface area contributed by atoms with Crippen molar-refractivity contribution in [2.75, 3.05) is 5.73 Å². The number of allylic oxidation sites excluding steroid dienone is 2. The third-order valence-electron chi connectivity index (χ3n) is 2.70. The number of non-ortho nitro benzene ring substituents is 1. The van der Waals surface area contributed by atoms with Gasteiger partial charge in [-0.15, -0.1) is 0 Å². The molecule has 0 unspecified atom stereocenters. The summed E-state index contributed by atoms with van der Waals surface area (Å²) in [6, 6.07) is 14.0. The molecule has 2 aromatic rings. The van der Waals surface area contributed by atoms with E-state index in [1.54, 1.807) is 12.1 Å². The number of hydrogen-bond donors (Lipinski definition) is 1. The minimum absolute atomic E-state index is 0.0949. The van der Waals surface area contributed by atoms with Crippen molar-refractivity contribution < 1.29 is 4.92 Å². The monoisotopic (exact) mass is 266 g/mol. The van der Waals surface area contributed by atoms with Gasteiger partial charge in [-0.2, -0.15) is 0 Å². The second kappa shape index (κ2) is 6.33. The predicted octanol–water partition coefficient (Wildman–Crippen LogP) is 3.90. The molecule has 0 spiro atoms. The number of nitrogens with zero attached hydrogens (tertiary/aromatic N) is 1. The molecule has 0 amide bonds. The highest BCUT2D eigenvalue weighted by molar-refractivity contribution is 5.60. The third kappa shape index (κ3) is 3.81. The lowest BCUT2D eigenvalue weighted by Crippen LogP contribution is -1.86. The van der Waals surface area contributed by atoms with E-state index in [9.17, 15) is 10.1 Å². The van der Waals surface area contributed by atoms with E-state index < -0.39 is 4.92 Å². The van der Waals surface area contributed by atoms with Crippen molar-refractivity contribution in [3.8, 4) is 0 Å². The molecule has 4 nitrogen and oxygen atoms in total. The molecule has 0 fully saturated rings. The Morgan fingerprint density at radius 2 is 1.60 bits per heavy atom. The standard InChI is InChI=1S/C16H14N2O2/c17-15-7-3-6-14(12-15)5-2-1-4-13-8-10-16(11-9-13)18(19)20/h1-12H,17H2/b4-1+,5-2+. The maximum absolute atomic E-state index is 10.5. The van der Waals surface area contributed by atoms with E-state index in [-0.39, 0.29) is 5.69 Å². The zero-order valence-electron chi connectivity index (χ0n) is 10.8. The van der Waals surface area contributed by atoms with E-state index in [0.29, 0.717) is 0 Å². The molecule has 2 N–H and O–H groups in total. The summed E-state index contributed by atoms with van der Waals surface area (Å²) >= 11 is 0. The van der Waals surface area contributed by atoms with Crippen LogP contribution in [0.3, 0.4) is 0 Å². The molecule has 0 bridgehead atoms. The summed E-state index contributed by atoms with van der Waals surface area (Å²) in [5, 5.41) is 10.5. The van der Waals surface area contributed by atoms with Gasteiger partial charge in [0.1, 0.15) is 0 Å². The van der Waals surface area contributed by atoms with Crippen molar-refractivity contribution >= 4 is 23.5 Å². The van der Waals surface area contributed by atoms with Gasteiger partial charge in [-0.25, -0.2) is 0 Å². The molecule has 0 aliphatic heterocycles. The van der Waals surface area contributed by atoms with Gasteiger partial charge in [0.25, 0.3) is 5.69 Å². The number of benzene rings is 2. The smallest absolute Gasteiger partial charge is 0.269 e. The molecule has 0 aliphatic rings. The van der Waals surface area contributed by atoms with Crippen LogP contribution in [-0.4, -0.2) is 4.92 Å². The van der Waals surface area contributed by atoms with Crippen LogP contribution in [0.4, 0.5) is 11.4 Å². The topological polar surface area (TPSA) is 69.2 Å². The quantitative estimate of drug-likeness (QED) is 0.395. The Morgan fingerprint density at radius 3 is 2.20 bits per heavy atom. The largest absolute Gasteiger partial charge is 0.399 e. The van der Waals surface area contributed by atoms with Gasteiger partial charge >= 0.3 is 0 Å². The SMILES string of the molecule is Nc1cccc(/C=C/C=C/c2ccc([N+](=O)[O-])cc2)c1. The highest BCUT2D eigenvalue weighted by atomic mass is 16.6. The fourth-order valence-electron chi connectivity index (χ4n) is 1.70. The summed E-state index contributed by atoms with van der Waals surface area (Å²) in [6.45, 7) is 0. The van der Waals surface area contributed by atoms with Crippen LogP contribution >= 0.6 is 0 Å². The van der Waals surface area contributed by atoms with Crippen LogP contribution in [0.2, 0.25) is 0 Å². The van der Waals surface area contributed by atoms with Crippen molar-refractivity contribution in [1.29, 1.82) is 0 Å². The number of nitrogens with two attached hydrogens (primary N) is 1. The average Bonchev–Trinajstić information content (AvgIpc) is 2.44. The number of anilines is 1. The van der Waals surface area contributed by atoms with Gasteiger partial charge < -0.3 is 5.73 Å². The Morgan fingerprint density at radius 1 is 0.950 bits per heavy atom. The Labute approximate surface area is 117 Å². The van der Waals surface area contributed by atoms with E-state index in [2.05, 4.69) is 0 Å². The molecule has 4 heteroatoms. The van der Waals surface area contributed by atoms with Crippen LogP contribution in [0.25, 0.3) is 12.2 Å². The first-order chi connectivity index (χ1) is 9.65. The summed E-state index contributed by atoms with van der Waals surface area (Å²) in [6.07, 6.45) is 7.60. The van der Waals surface area contributed by atoms with E-state index in [1.165, 1.54) is 12.1 Å². The zero-order chi connectivity index (χ0) is 14.4. The molecule has 0 saturated carbocycles. The second-order valence-electron chi connectivity index (χ2n) is 4.24. The molecule has 0 saturated heterocycles. The summed E-state index contributed by atoms with van der Waals surface area (Å²) < 4.78 is 0. The number of rotatable bonds is 4. The summed E-state index contributed by atoms with van der Waals surface area (Å²) in [5.74, 6) is 0. The molecule has 20 heavy (non-hydrogen) atoms. The van der Waals surface area contributed by atoms with Crippen LogP contribution < -0.4 is 5.73 Å². The number of hydrogen-bond acceptors (Lipinski definition) is 3. The van der Waals surface area contributed by atoms with Gasteiger partial charge in [-0.1, -0.05) is 36.4 Å². The molecule has 2 rings (SSSR count). The number of nitrogen functional groups attached to an aromatic ring is 1. The van der Waals surface area contributed by atoms with Crippen LogP contribution in [0.15, 0.2) is 60.7 Å². The van der Waals surface area contributed by atoms with E-state index in [4.69, 9.17) is 5.73 Å². The van der Waals surface area contributed by atoms with Gasteiger partial charge in [-0.3, -0.25) is 10.1 Å². The fourth-order valence-corrected chi connectivity index (χ4v) is 1.70. The Balaban J connectivity index is 2.01. The lowest BCUT2D eigenvalue weighted by atomic mass is 10.1. The molecule has 2 aromatic carbocycles. The molecule has 0 aliphatic carbocycles. The Bertz CT molecular complexity index is 658. The van der Waals surface area contributed by atoms with Crippen molar-refractivity contribution in [2.24, 2.45) is 0 Å². The zero-order valence-corrected chi connectivity index (χ0v) is 10.8. The first-order valence-electron chi connectivity index (χ1n) is 6.10. The van der Waals surface area contributed by atoms with E-state index in [0.717, 1.165) is 16.8 Å². The van der Waals surface area contributed by atoms with Gasteiger partial charge in [0.2, 0.25) is 0 Å². The number of nitro benzene ring substituents is 1. The molecule has 0 radical (unpaired) electrons. The Hall–Kier alpha value is -2.88. The first-order valence-corrected chi connectivity index (χ1v) is 6.10. The minimum Gasteiger partial charge on any atom is -0.399 e. The van der Waals surface area contributed by atoms with Crippen molar-refractivity contribution in [2.45, 2.75) is 0 Å². The van der Waals surface area contributed by atoms with Crippen LogP contribution in [0.5, 0.6) is 0 Å². The summed E-state index contributed by atoms with van der Waals surface area (Å²) in [4.78, 5) is 10.1. The highest BCUT2D eigenvalue weighted by Crippen LogP contribution is 2.13. The van der Waals surface area contributed by atoms with Gasteiger partial charge in [-0.05, 0) is 35.4 Å². The van der Waals surface area contributed by atoms with Gasteiger partial charge in [0.15, 0.2) is 0 Å². The maximum atomic E-state index is 10.5. The van der Waals surface area contributed by atoms with Crippen LogP contribution in [-0.2, 0) is 0 Å². The normalized spacial score (nSPS) is 11.2. The minimum atomic E-state index is -0.410. The first kappa shape index (κ1) is 13.5. The van der Waals surface area contributed by atoms with E-state index in [1.807, 2.05) is 48.6 Å². The van der Waals surface area contributed by atoms with Crippen molar-refractivity contribution in [1.82, 2.24) is 0 Å². The number of nitro groups is 1. The second-order valence-corrected chi connectivity index (χ2v) is 4.24. The third-order valence-corrected chi connectivity index (χ3v) is 2.70. The molecule has 0 heterocycles. The molecule has 0 atom stereocenters. The van der Waals surface area contributed by atoms with Crippen molar-refractivity contribution in [3.63, 3.8) is 0 Å². The van der Waals surface area contributed by atoms with Crippen molar-refractivity contribution in [3.05, 3.63) is 81.9 Å². The lowest BCUT2D eigenvalue weighted by molar-refractivity contribution is -0.384. The van der Waals surface area contributed by atoms with Crippen LogP contribution in [0.1, 0.15) is 11.1 Å². The van der Waals surface area contributed by atoms with E-state index >= 15 is 0 Å². The Kier molecular flexibility index (Phi) is 4.29. The molecular weight excluding hydrogens is 252 g/mol. The molecule has 100 valence electrons. The molecular formula is C16H14N2O2. The summed E-state index contributed by atoms with van der Waals surface area (Å²) in [7, 11) is 0. The fraction of sp³-hybridized carbons (Fsp3) is 0. The van der Waals surface area contributed by atoms with Gasteiger partial charge in [0, 0.05) is 17.8 Å². The van der Waals surface area contributed by atoms with Gasteiger partial charge in [0.05, 0.1) is 4.92 Å². The molecule has 0 aromatic heterocycles.